The predicted octanol–water partition coefficient (Wildman–Crippen LogP) is 1.50. The first-order chi connectivity index (χ1) is 7.13. The van der Waals surface area contributed by atoms with Gasteiger partial charge in [-0.2, -0.15) is 5.26 Å². The maximum Gasteiger partial charge on any atom is 0.130 e. The number of nitrogens with one attached hydrogen (secondary N) is 1. The topological polar surface area (TPSA) is 74.7 Å². The Labute approximate surface area is 93.4 Å². The minimum absolute atomic E-state index is 0.0673. The van der Waals surface area contributed by atoms with E-state index in [0.29, 0.717) is 5.82 Å². The lowest BCUT2D eigenvalue weighted by Crippen LogP contribution is -2.11. The van der Waals surface area contributed by atoms with E-state index in [-0.39, 0.29) is 10.6 Å². The van der Waals surface area contributed by atoms with Gasteiger partial charge in [0.25, 0.3) is 0 Å². The summed E-state index contributed by atoms with van der Waals surface area (Å²) < 4.78 is 0. The van der Waals surface area contributed by atoms with Crippen molar-refractivity contribution in [3.63, 3.8) is 0 Å². The van der Waals surface area contributed by atoms with Crippen LogP contribution in [0.5, 0.6) is 0 Å². The minimum atomic E-state index is 0.0673. The van der Waals surface area contributed by atoms with Crippen LogP contribution in [0.25, 0.3) is 0 Å². The fourth-order valence-electron chi connectivity index (χ4n) is 0.928. The van der Waals surface area contributed by atoms with E-state index in [2.05, 4.69) is 22.5 Å². The largest absolute Gasteiger partial charge is 0.389 e. The number of rotatable bonds is 3. The second-order valence-electron chi connectivity index (χ2n) is 2.84. The summed E-state index contributed by atoms with van der Waals surface area (Å²) in [4.78, 5) is 4.26. The van der Waals surface area contributed by atoms with Crippen LogP contribution in [0.3, 0.4) is 0 Å². The number of aromatic nitrogens is 1. The van der Waals surface area contributed by atoms with E-state index in [1.165, 1.54) is 6.20 Å². The van der Waals surface area contributed by atoms with Gasteiger partial charge in [0.05, 0.1) is 0 Å². The first kappa shape index (κ1) is 11.1. The van der Waals surface area contributed by atoms with Gasteiger partial charge < -0.3 is 11.1 Å². The van der Waals surface area contributed by atoms with E-state index in [1.807, 2.05) is 25.1 Å². The molecular weight excluding hydrogens is 208 g/mol. The van der Waals surface area contributed by atoms with Crippen LogP contribution in [0.2, 0.25) is 0 Å². The predicted molar refractivity (Wildman–Crippen MR) is 63.1 cm³/mol. The smallest absolute Gasteiger partial charge is 0.130 e. The summed E-state index contributed by atoms with van der Waals surface area (Å²) >= 11 is 4.68. The van der Waals surface area contributed by atoms with Crippen molar-refractivity contribution in [3.8, 4) is 6.07 Å². The van der Waals surface area contributed by atoms with E-state index < -0.39 is 0 Å². The summed E-state index contributed by atoms with van der Waals surface area (Å²) in [5.74, 6) is 0.652. The summed E-state index contributed by atoms with van der Waals surface area (Å²) in [6.45, 7) is 1.88. The molecule has 1 aromatic heterocycles. The van der Waals surface area contributed by atoms with Crippen molar-refractivity contribution in [2.24, 2.45) is 5.73 Å². The van der Waals surface area contributed by atoms with Gasteiger partial charge in [0, 0.05) is 11.9 Å². The highest BCUT2D eigenvalue weighted by Crippen LogP contribution is 2.04. The van der Waals surface area contributed by atoms with Crippen LogP contribution in [0.4, 0.5) is 5.82 Å². The molecule has 0 aromatic carbocycles. The molecule has 0 spiro atoms. The monoisotopic (exact) mass is 218 g/mol. The molecule has 3 N–H and O–H groups in total. The van der Waals surface area contributed by atoms with Crippen LogP contribution in [0, 0.1) is 18.3 Å². The fourth-order valence-corrected chi connectivity index (χ4v) is 1.03. The molecule has 0 fully saturated rings. The molecule has 1 aromatic rings. The standard InChI is InChI=1S/C10H10N4S/c1-7-3-2-4-9(14-7)13-6-8(5-11)10(12)15/h2-4,6H,1H3,(H2,12,15)(H,13,14). The van der Waals surface area contributed by atoms with Crippen LogP contribution in [-0.2, 0) is 0 Å². The number of nitriles is 1. The van der Waals surface area contributed by atoms with Gasteiger partial charge in [-0.1, -0.05) is 18.3 Å². The van der Waals surface area contributed by atoms with Crippen LogP contribution in [0.15, 0.2) is 30.0 Å². The van der Waals surface area contributed by atoms with Gasteiger partial charge in [0.2, 0.25) is 0 Å². The molecule has 0 aliphatic heterocycles. The summed E-state index contributed by atoms with van der Waals surface area (Å²) in [7, 11) is 0. The molecule has 0 saturated carbocycles. The number of hydrogen-bond acceptors (Lipinski definition) is 4. The summed E-state index contributed by atoms with van der Waals surface area (Å²) in [6.07, 6.45) is 1.45. The SMILES string of the molecule is Cc1cccc(NC=C(C#N)C(N)=S)n1. The highest BCUT2D eigenvalue weighted by Gasteiger charge is 1.98. The van der Waals surface area contributed by atoms with Crippen molar-refractivity contribution in [3.05, 3.63) is 35.7 Å². The third kappa shape index (κ3) is 3.37. The zero-order valence-electron chi connectivity index (χ0n) is 8.19. The Bertz CT molecular complexity index is 445. The molecule has 5 heteroatoms. The molecule has 0 radical (unpaired) electrons. The number of thiocarbonyl (C=S) groups is 1. The quantitative estimate of drug-likeness (QED) is 0.457. The van der Waals surface area contributed by atoms with Crippen molar-refractivity contribution < 1.29 is 0 Å². The molecule has 1 heterocycles. The van der Waals surface area contributed by atoms with E-state index in [0.717, 1.165) is 5.69 Å². The van der Waals surface area contributed by atoms with E-state index in [9.17, 15) is 0 Å². The van der Waals surface area contributed by atoms with E-state index in [1.54, 1.807) is 6.07 Å². The maximum atomic E-state index is 8.68. The highest BCUT2D eigenvalue weighted by molar-refractivity contribution is 7.80. The molecule has 0 aliphatic carbocycles. The molecule has 0 bridgehead atoms. The number of anilines is 1. The van der Waals surface area contributed by atoms with Gasteiger partial charge >= 0.3 is 0 Å². The summed E-state index contributed by atoms with van der Waals surface area (Å²) in [6, 6.07) is 7.43. The lowest BCUT2D eigenvalue weighted by atomic mass is 10.3. The minimum Gasteiger partial charge on any atom is -0.389 e. The van der Waals surface area contributed by atoms with Crippen molar-refractivity contribution in [1.82, 2.24) is 4.98 Å². The van der Waals surface area contributed by atoms with E-state index >= 15 is 0 Å². The average molecular weight is 218 g/mol. The number of aryl methyl sites for hydroxylation is 1. The number of nitrogens with two attached hydrogens (primary N) is 1. The van der Waals surface area contributed by atoms with Gasteiger partial charge in [-0.05, 0) is 19.1 Å². The highest BCUT2D eigenvalue weighted by atomic mass is 32.1. The number of pyridine rings is 1. The Morgan fingerprint density at radius 2 is 2.40 bits per heavy atom. The molecule has 0 saturated heterocycles. The van der Waals surface area contributed by atoms with Crippen molar-refractivity contribution in [1.29, 1.82) is 5.26 Å². The first-order valence-corrected chi connectivity index (χ1v) is 4.64. The first-order valence-electron chi connectivity index (χ1n) is 4.23. The van der Waals surface area contributed by atoms with Crippen molar-refractivity contribution >= 4 is 23.0 Å². The molecule has 0 aliphatic rings. The molecule has 76 valence electrons. The Balaban J connectivity index is 2.80. The molecule has 4 nitrogen and oxygen atoms in total. The molecule has 15 heavy (non-hydrogen) atoms. The zero-order valence-corrected chi connectivity index (χ0v) is 9.01. The Kier molecular flexibility index (Phi) is 3.77. The molecule has 0 unspecified atom stereocenters. The van der Waals surface area contributed by atoms with Gasteiger partial charge in [-0.3, -0.25) is 0 Å². The maximum absolute atomic E-state index is 8.68. The molecule has 0 amide bonds. The third-order valence-corrected chi connectivity index (χ3v) is 1.86. The van der Waals surface area contributed by atoms with Gasteiger partial charge in [-0.25, -0.2) is 4.98 Å². The van der Waals surface area contributed by atoms with Crippen LogP contribution < -0.4 is 11.1 Å². The molecular formula is C10H10N4S. The lowest BCUT2D eigenvalue weighted by molar-refractivity contribution is 1.20. The van der Waals surface area contributed by atoms with Crippen molar-refractivity contribution in [2.45, 2.75) is 6.92 Å². The van der Waals surface area contributed by atoms with Gasteiger partial charge in [0.1, 0.15) is 22.4 Å². The summed E-state index contributed by atoms with van der Waals surface area (Å²) in [5, 5.41) is 11.5. The van der Waals surface area contributed by atoms with Gasteiger partial charge in [0.15, 0.2) is 0 Å². The second-order valence-corrected chi connectivity index (χ2v) is 3.28. The van der Waals surface area contributed by atoms with Crippen LogP contribution in [-0.4, -0.2) is 9.97 Å². The molecule has 1 rings (SSSR count). The number of hydrogen-bond donors (Lipinski definition) is 2. The Morgan fingerprint density at radius 1 is 1.67 bits per heavy atom. The van der Waals surface area contributed by atoms with Gasteiger partial charge in [-0.15, -0.1) is 0 Å². The third-order valence-electron chi connectivity index (χ3n) is 1.64. The average Bonchev–Trinajstić information content (AvgIpc) is 2.18. The van der Waals surface area contributed by atoms with Crippen LogP contribution >= 0.6 is 12.2 Å². The molecule has 0 atom stereocenters. The second kappa shape index (κ2) is 5.08. The zero-order chi connectivity index (χ0) is 11.3. The Morgan fingerprint density at radius 3 is 2.93 bits per heavy atom. The summed E-state index contributed by atoms with van der Waals surface area (Å²) in [5.41, 5.74) is 6.44. The van der Waals surface area contributed by atoms with Crippen molar-refractivity contribution in [2.75, 3.05) is 5.32 Å². The number of nitrogens with zero attached hydrogens (tertiary/aromatic N) is 2. The normalized spacial score (nSPS) is 10.5. The lowest BCUT2D eigenvalue weighted by Gasteiger charge is -2.01. The van der Waals surface area contributed by atoms with Crippen LogP contribution in [0.1, 0.15) is 5.69 Å². The fraction of sp³-hybridized carbons (Fsp3) is 0.100. The Hall–Kier alpha value is -1.93. The van der Waals surface area contributed by atoms with E-state index in [4.69, 9.17) is 11.0 Å².